The van der Waals surface area contributed by atoms with Gasteiger partial charge in [0.15, 0.2) is 0 Å². The molecule has 1 atom stereocenters. The van der Waals surface area contributed by atoms with Crippen LogP contribution < -0.4 is 10.1 Å². The number of carbonyl (C=O) groups is 1. The van der Waals surface area contributed by atoms with Gasteiger partial charge < -0.3 is 15.2 Å². The molecule has 1 amide bonds. The summed E-state index contributed by atoms with van der Waals surface area (Å²) in [7, 11) is 1.58. The number of pyridine rings is 1. The molecule has 0 unspecified atom stereocenters. The molecule has 0 spiro atoms. The molecule has 0 saturated carbocycles. The van der Waals surface area contributed by atoms with Gasteiger partial charge in [-0.3, -0.25) is 9.89 Å². The summed E-state index contributed by atoms with van der Waals surface area (Å²) >= 11 is 1.31. The Morgan fingerprint density at radius 2 is 2.21 bits per heavy atom. The first kappa shape index (κ1) is 18.1. The minimum atomic E-state index is -0.526. The molecule has 7 nitrogen and oxygen atoms in total. The quantitative estimate of drug-likeness (QED) is 0.466. The summed E-state index contributed by atoms with van der Waals surface area (Å²) in [6, 6.07) is 12.4. The molecule has 28 heavy (non-hydrogen) atoms. The second-order valence-electron chi connectivity index (χ2n) is 6.17. The van der Waals surface area contributed by atoms with E-state index in [4.69, 9.17) is 4.74 Å². The lowest BCUT2D eigenvalue weighted by molar-refractivity contribution is 0.0920. The molecule has 0 saturated heterocycles. The smallest absolute Gasteiger partial charge is 0.262 e. The van der Waals surface area contributed by atoms with Crippen molar-refractivity contribution in [3.05, 3.63) is 65.3 Å². The van der Waals surface area contributed by atoms with Gasteiger partial charge in [0.2, 0.25) is 0 Å². The van der Waals surface area contributed by atoms with E-state index in [0.717, 1.165) is 27.0 Å². The Hall–Kier alpha value is -3.23. The molecule has 8 heteroatoms. The number of rotatable bonds is 6. The van der Waals surface area contributed by atoms with Gasteiger partial charge in [0, 0.05) is 17.1 Å². The van der Waals surface area contributed by atoms with Crippen molar-refractivity contribution in [2.75, 3.05) is 13.7 Å². The van der Waals surface area contributed by atoms with E-state index in [9.17, 15) is 9.90 Å². The van der Waals surface area contributed by atoms with E-state index in [0.29, 0.717) is 10.6 Å². The Balaban J connectivity index is 1.57. The first-order chi connectivity index (χ1) is 13.7. The van der Waals surface area contributed by atoms with Crippen molar-refractivity contribution in [1.29, 1.82) is 0 Å². The molecule has 3 aromatic heterocycles. The van der Waals surface area contributed by atoms with Crippen LogP contribution in [0.2, 0.25) is 0 Å². The number of aliphatic hydroxyl groups excluding tert-OH is 1. The molecular weight excluding hydrogens is 376 g/mol. The molecule has 0 aliphatic rings. The Morgan fingerprint density at radius 3 is 2.96 bits per heavy atom. The third kappa shape index (κ3) is 3.60. The maximum Gasteiger partial charge on any atom is 0.262 e. The Labute approximate surface area is 165 Å². The van der Waals surface area contributed by atoms with Gasteiger partial charge in [0.1, 0.15) is 10.6 Å². The number of fused-ring (bicyclic) bond motifs is 1. The third-order valence-electron chi connectivity index (χ3n) is 4.38. The lowest BCUT2D eigenvalue weighted by atomic mass is 10.1. The number of nitrogens with one attached hydrogen (secondary N) is 2. The molecule has 3 N–H and O–H groups in total. The van der Waals surface area contributed by atoms with Crippen LogP contribution >= 0.6 is 11.3 Å². The van der Waals surface area contributed by atoms with Crippen LogP contribution in [0.15, 0.2) is 54.9 Å². The number of methoxy groups -OCH3 is 1. The van der Waals surface area contributed by atoms with Gasteiger partial charge in [0.05, 0.1) is 36.5 Å². The number of thiophene rings is 1. The summed E-state index contributed by atoms with van der Waals surface area (Å²) in [4.78, 5) is 18.7. The van der Waals surface area contributed by atoms with Crippen molar-refractivity contribution < 1.29 is 14.6 Å². The maximum atomic E-state index is 12.7. The van der Waals surface area contributed by atoms with Crippen molar-refractivity contribution in [3.8, 4) is 17.0 Å². The van der Waals surface area contributed by atoms with E-state index in [1.807, 2.05) is 36.4 Å². The first-order valence-electron chi connectivity index (χ1n) is 8.63. The van der Waals surface area contributed by atoms with Crippen molar-refractivity contribution in [2.45, 2.75) is 6.04 Å². The van der Waals surface area contributed by atoms with Crippen molar-refractivity contribution >= 4 is 27.5 Å². The van der Waals surface area contributed by atoms with Crippen LogP contribution in [-0.2, 0) is 0 Å². The van der Waals surface area contributed by atoms with Gasteiger partial charge in [-0.1, -0.05) is 12.1 Å². The molecule has 142 valence electrons. The van der Waals surface area contributed by atoms with Crippen LogP contribution in [0.3, 0.4) is 0 Å². The Bertz CT molecular complexity index is 1110. The predicted molar refractivity (Wildman–Crippen MR) is 107 cm³/mol. The van der Waals surface area contributed by atoms with Gasteiger partial charge in [-0.2, -0.15) is 5.10 Å². The fourth-order valence-electron chi connectivity index (χ4n) is 2.90. The number of aromatic nitrogens is 3. The van der Waals surface area contributed by atoms with E-state index >= 15 is 0 Å². The number of hydrogen-bond acceptors (Lipinski definition) is 6. The Morgan fingerprint density at radius 1 is 1.32 bits per heavy atom. The molecule has 0 aliphatic carbocycles. The summed E-state index contributed by atoms with van der Waals surface area (Å²) in [5, 5.41) is 20.2. The second kappa shape index (κ2) is 7.79. The minimum Gasteiger partial charge on any atom is -0.497 e. The summed E-state index contributed by atoms with van der Waals surface area (Å²) < 4.78 is 5.21. The summed E-state index contributed by atoms with van der Waals surface area (Å²) in [6.45, 7) is -0.216. The normalized spacial score (nSPS) is 12.1. The van der Waals surface area contributed by atoms with Crippen LogP contribution in [0, 0.1) is 0 Å². The zero-order chi connectivity index (χ0) is 19.5. The van der Waals surface area contributed by atoms with E-state index in [1.165, 1.54) is 11.3 Å². The van der Waals surface area contributed by atoms with Crippen molar-refractivity contribution in [2.24, 2.45) is 0 Å². The van der Waals surface area contributed by atoms with Gasteiger partial charge >= 0.3 is 0 Å². The number of carbonyl (C=O) groups excluding carboxylic acids is 1. The number of ether oxygens (including phenoxy) is 1. The number of nitrogens with zero attached hydrogens (tertiary/aromatic N) is 2. The lowest BCUT2D eigenvalue weighted by Gasteiger charge is -2.17. The molecule has 0 bridgehead atoms. The summed E-state index contributed by atoms with van der Waals surface area (Å²) in [5.74, 6) is 0.415. The second-order valence-corrected chi connectivity index (χ2v) is 7.20. The van der Waals surface area contributed by atoms with Crippen LogP contribution in [0.25, 0.3) is 21.5 Å². The zero-order valence-electron chi connectivity index (χ0n) is 15.0. The van der Waals surface area contributed by atoms with Crippen LogP contribution in [0.4, 0.5) is 0 Å². The van der Waals surface area contributed by atoms with Crippen LogP contribution in [-0.4, -0.2) is 39.9 Å². The number of benzene rings is 1. The monoisotopic (exact) mass is 394 g/mol. The Kier molecular flexibility index (Phi) is 5.05. The van der Waals surface area contributed by atoms with Crippen molar-refractivity contribution in [3.63, 3.8) is 0 Å². The van der Waals surface area contributed by atoms with Crippen LogP contribution in [0.5, 0.6) is 5.75 Å². The average molecular weight is 394 g/mol. The predicted octanol–water partition coefficient (Wildman–Crippen LogP) is 3.16. The van der Waals surface area contributed by atoms with E-state index in [2.05, 4.69) is 20.5 Å². The van der Waals surface area contributed by atoms with Gasteiger partial charge in [-0.05, 0) is 35.9 Å². The first-order valence-corrected chi connectivity index (χ1v) is 9.45. The van der Waals surface area contributed by atoms with Crippen molar-refractivity contribution in [1.82, 2.24) is 20.5 Å². The fourth-order valence-corrected chi connectivity index (χ4v) is 3.84. The molecule has 3 heterocycles. The van der Waals surface area contributed by atoms with E-state index in [-0.39, 0.29) is 12.5 Å². The molecular formula is C20H18N4O3S. The maximum absolute atomic E-state index is 12.7. The highest BCUT2D eigenvalue weighted by molar-refractivity contribution is 7.20. The molecule has 0 radical (unpaired) electrons. The minimum absolute atomic E-state index is 0.216. The molecule has 4 rings (SSSR count). The zero-order valence-corrected chi connectivity index (χ0v) is 15.9. The molecule has 1 aromatic carbocycles. The highest BCUT2D eigenvalue weighted by Crippen LogP contribution is 2.28. The topological polar surface area (TPSA) is 100 Å². The largest absolute Gasteiger partial charge is 0.497 e. The summed E-state index contributed by atoms with van der Waals surface area (Å²) in [6.07, 6.45) is 3.48. The fraction of sp³-hybridized carbons (Fsp3) is 0.150. The van der Waals surface area contributed by atoms with Gasteiger partial charge in [0.25, 0.3) is 5.91 Å². The SMILES string of the molecule is COc1cccc([C@@H](CO)NC(=O)c2cc3ccc(-c4cn[nH]c4)nc3s2)c1. The number of amides is 1. The number of aliphatic hydroxyl groups is 1. The number of aromatic amines is 1. The number of hydrogen-bond donors (Lipinski definition) is 3. The summed E-state index contributed by atoms with van der Waals surface area (Å²) in [5.41, 5.74) is 2.45. The average Bonchev–Trinajstić information content (AvgIpc) is 3.41. The molecule has 0 fully saturated rings. The standard InChI is InChI=1S/C20H18N4O3S/c1-27-15-4-2-3-12(7-15)17(11-25)23-19(26)18-8-13-5-6-16(24-20(13)28-18)14-9-21-22-10-14/h2-10,17,25H,11H2,1H3,(H,21,22)(H,23,26)/t17-/m1/s1. The van der Waals surface area contributed by atoms with Gasteiger partial charge in [-0.15, -0.1) is 11.3 Å². The van der Waals surface area contributed by atoms with Gasteiger partial charge in [-0.25, -0.2) is 4.98 Å². The van der Waals surface area contributed by atoms with E-state index < -0.39 is 6.04 Å². The highest BCUT2D eigenvalue weighted by atomic mass is 32.1. The highest BCUT2D eigenvalue weighted by Gasteiger charge is 2.18. The van der Waals surface area contributed by atoms with Crippen LogP contribution in [0.1, 0.15) is 21.3 Å². The lowest BCUT2D eigenvalue weighted by Crippen LogP contribution is -2.30. The number of H-pyrrole nitrogens is 1. The van der Waals surface area contributed by atoms with E-state index in [1.54, 1.807) is 25.6 Å². The third-order valence-corrected chi connectivity index (χ3v) is 5.43. The molecule has 0 aliphatic heterocycles. The molecule has 4 aromatic rings.